The Labute approximate surface area is 172 Å². The van der Waals surface area contributed by atoms with E-state index in [2.05, 4.69) is 23.1 Å². The van der Waals surface area contributed by atoms with E-state index < -0.39 is 0 Å². The van der Waals surface area contributed by atoms with Gasteiger partial charge < -0.3 is 19.1 Å². The highest BCUT2D eigenvalue weighted by atomic mass is 16.5. The van der Waals surface area contributed by atoms with E-state index in [1.165, 1.54) is 5.56 Å². The van der Waals surface area contributed by atoms with Gasteiger partial charge in [0.05, 0.1) is 21.3 Å². The molecule has 2 heterocycles. The maximum absolute atomic E-state index is 10.1. The standard InChI is InChI=1S/C24H26N2O3/c1-27-19-8-4-6-16(12-19)20-14-18-7-5-11-26(18)21(15-25)24(20)17-9-10-22(28-2)23(13-17)29-3/h4,6,8-10,12-13,18,20H,5,7,11,14H2,1-3H3/t18-,20-/m0/s1. The topological polar surface area (TPSA) is 54.7 Å². The van der Waals surface area contributed by atoms with E-state index in [0.29, 0.717) is 17.5 Å². The Bertz CT molecular complexity index is 976. The van der Waals surface area contributed by atoms with Crippen LogP contribution in [0, 0.1) is 11.3 Å². The Kier molecular flexibility index (Phi) is 5.35. The SMILES string of the molecule is COc1cccc([C@@H]2C[C@@H]3CCCN3C(C#N)=C2c2ccc(OC)c(OC)c2)c1. The lowest BCUT2D eigenvalue weighted by molar-refractivity contribution is 0.293. The summed E-state index contributed by atoms with van der Waals surface area (Å²) in [6.07, 6.45) is 3.24. The van der Waals surface area contributed by atoms with Crippen LogP contribution >= 0.6 is 0 Å². The van der Waals surface area contributed by atoms with Gasteiger partial charge in [0.1, 0.15) is 17.5 Å². The molecule has 29 heavy (non-hydrogen) atoms. The monoisotopic (exact) mass is 390 g/mol. The van der Waals surface area contributed by atoms with E-state index in [-0.39, 0.29) is 5.92 Å². The quantitative estimate of drug-likeness (QED) is 0.747. The van der Waals surface area contributed by atoms with Gasteiger partial charge in [-0.1, -0.05) is 18.2 Å². The molecule has 2 aliphatic heterocycles. The van der Waals surface area contributed by atoms with E-state index in [1.54, 1.807) is 21.3 Å². The lowest BCUT2D eigenvalue weighted by Crippen LogP contribution is -2.35. The lowest BCUT2D eigenvalue weighted by atomic mass is 9.78. The molecule has 0 radical (unpaired) electrons. The number of rotatable bonds is 5. The van der Waals surface area contributed by atoms with Gasteiger partial charge in [-0.05, 0) is 54.7 Å². The van der Waals surface area contributed by atoms with E-state index in [4.69, 9.17) is 14.2 Å². The Morgan fingerprint density at radius 2 is 1.83 bits per heavy atom. The minimum atomic E-state index is 0.122. The molecular weight excluding hydrogens is 364 g/mol. The number of fused-ring (bicyclic) bond motifs is 1. The number of nitriles is 1. The summed E-state index contributed by atoms with van der Waals surface area (Å²) < 4.78 is 16.4. The van der Waals surface area contributed by atoms with Crippen molar-refractivity contribution in [1.82, 2.24) is 4.90 Å². The summed E-state index contributed by atoms with van der Waals surface area (Å²) in [6.45, 7) is 0.940. The van der Waals surface area contributed by atoms with Crippen LogP contribution in [0.2, 0.25) is 0 Å². The highest BCUT2D eigenvalue weighted by Gasteiger charge is 2.38. The maximum Gasteiger partial charge on any atom is 0.161 e. The average molecular weight is 390 g/mol. The van der Waals surface area contributed by atoms with Gasteiger partial charge in [-0.2, -0.15) is 5.26 Å². The van der Waals surface area contributed by atoms with E-state index in [0.717, 1.165) is 48.4 Å². The molecule has 1 saturated heterocycles. The second-order valence-electron chi connectivity index (χ2n) is 7.50. The largest absolute Gasteiger partial charge is 0.497 e. The number of nitrogens with zero attached hydrogens (tertiary/aromatic N) is 2. The van der Waals surface area contributed by atoms with Gasteiger partial charge in [-0.3, -0.25) is 0 Å². The number of methoxy groups -OCH3 is 3. The fourth-order valence-corrected chi connectivity index (χ4v) is 4.71. The number of hydrogen-bond acceptors (Lipinski definition) is 5. The third kappa shape index (κ3) is 3.40. The predicted octanol–water partition coefficient (Wildman–Crippen LogP) is 4.60. The van der Waals surface area contributed by atoms with Crippen LogP contribution in [-0.4, -0.2) is 38.8 Å². The van der Waals surface area contributed by atoms with Crippen LogP contribution in [0.25, 0.3) is 5.57 Å². The van der Waals surface area contributed by atoms with Crippen molar-refractivity contribution in [1.29, 1.82) is 5.26 Å². The van der Waals surface area contributed by atoms with Crippen molar-refractivity contribution in [3.63, 3.8) is 0 Å². The minimum absolute atomic E-state index is 0.122. The first-order valence-electron chi connectivity index (χ1n) is 9.97. The fourth-order valence-electron chi connectivity index (χ4n) is 4.71. The number of hydrogen-bond donors (Lipinski definition) is 0. The minimum Gasteiger partial charge on any atom is -0.497 e. The summed E-state index contributed by atoms with van der Waals surface area (Å²) in [4.78, 5) is 2.29. The Morgan fingerprint density at radius 3 is 2.55 bits per heavy atom. The summed E-state index contributed by atoms with van der Waals surface area (Å²) >= 11 is 0. The lowest BCUT2D eigenvalue weighted by Gasteiger charge is -2.38. The van der Waals surface area contributed by atoms with E-state index in [9.17, 15) is 5.26 Å². The van der Waals surface area contributed by atoms with Crippen molar-refractivity contribution in [2.45, 2.75) is 31.2 Å². The molecule has 0 unspecified atom stereocenters. The molecule has 2 aromatic rings. The molecule has 5 heteroatoms. The molecule has 2 aromatic carbocycles. The highest BCUT2D eigenvalue weighted by Crippen LogP contribution is 2.48. The van der Waals surface area contributed by atoms with Crippen LogP contribution in [0.3, 0.4) is 0 Å². The highest BCUT2D eigenvalue weighted by molar-refractivity contribution is 5.79. The zero-order chi connectivity index (χ0) is 20.4. The van der Waals surface area contributed by atoms with Gasteiger partial charge in [0, 0.05) is 24.1 Å². The molecule has 5 nitrogen and oxygen atoms in total. The summed E-state index contributed by atoms with van der Waals surface area (Å²) in [5.41, 5.74) is 4.00. The molecule has 4 rings (SSSR count). The molecule has 2 aliphatic rings. The number of ether oxygens (including phenoxy) is 3. The first-order valence-corrected chi connectivity index (χ1v) is 9.97. The molecule has 0 N–H and O–H groups in total. The Hall–Kier alpha value is -3.13. The van der Waals surface area contributed by atoms with Crippen molar-refractivity contribution in [2.75, 3.05) is 27.9 Å². The summed E-state index contributed by atoms with van der Waals surface area (Å²) in [7, 11) is 4.95. The van der Waals surface area contributed by atoms with Crippen LogP contribution in [0.5, 0.6) is 17.2 Å². The molecule has 0 aromatic heterocycles. The second kappa shape index (κ2) is 8.08. The zero-order valence-electron chi connectivity index (χ0n) is 17.1. The molecule has 1 fully saturated rings. The first kappa shape index (κ1) is 19.2. The molecule has 2 atom stereocenters. The van der Waals surface area contributed by atoms with Crippen LogP contribution in [0.4, 0.5) is 0 Å². The molecule has 0 saturated carbocycles. The molecule has 150 valence electrons. The van der Waals surface area contributed by atoms with Crippen LogP contribution in [0.15, 0.2) is 48.2 Å². The second-order valence-corrected chi connectivity index (χ2v) is 7.50. The van der Waals surface area contributed by atoms with Gasteiger partial charge in [-0.15, -0.1) is 0 Å². The van der Waals surface area contributed by atoms with Crippen molar-refractivity contribution in [3.05, 3.63) is 59.3 Å². The van der Waals surface area contributed by atoms with E-state index >= 15 is 0 Å². The summed E-state index contributed by atoms with van der Waals surface area (Å²) in [5.74, 6) is 2.31. The van der Waals surface area contributed by atoms with Crippen LogP contribution < -0.4 is 14.2 Å². The van der Waals surface area contributed by atoms with Crippen molar-refractivity contribution in [2.24, 2.45) is 0 Å². The van der Waals surface area contributed by atoms with Gasteiger partial charge in [0.15, 0.2) is 11.5 Å². The first-order chi connectivity index (χ1) is 14.2. The molecule has 0 amide bonds. The maximum atomic E-state index is 10.1. The van der Waals surface area contributed by atoms with Crippen molar-refractivity contribution in [3.8, 4) is 23.3 Å². The van der Waals surface area contributed by atoms with Crippen molar-refractivity contribution < 1.29 is 14.2 Å². The van der Waals surface area contributed by atoms with Crippen molar-refractivity contribution >= 4 is 5.57 Å². The van der Waals surface area contributed by atoms with Crippen LogP contribution in [0.1, 0.15) is 36.3 Å². The van der Waals surface area contributed by atoms with Gasteiger partial charge in [0.2, 0.25) is 0 Å². The van der Waals surface area contributed by atoms with Gasteiger partial charge in [-0.25, -0.2) is 0 Å². The Morgan fingerprint density at radius 1 is 1.00 bits per heavy atom. The predicted molar refractivity (Wildman–Crippen MR) is 112 cm³/mol. The molecule has 0 bridgehead atoms. The smallest absolute Gasteiger partial charge is 0.161 e. The van der Waals surface area contributed by atoms with Gasteiger partial charge >= 0.3 is 0 Å². The van der Waals surface area contributed by atoms with Gasteiger partial charge in [0.25, 0.3) is 0 Å². The number of allylic oxidation sites excluding steroid dienone is 2. The Balaban J connectivity index is 1.90. The zero-order valence-corrected chi connectivity index (χ0v) is 17.1. The third-order valence-corrected chi connectivity index (χ3v) is 6.07. The van der Waals surface area contributed by atoms with Crippen LogP contribution in [-0.2, 0) is 0 Å². The summed E-state index contributed by atoms with van der Waals surface area (Å²) in [6, 6.07) is 17.0. The normalized spacial score (nSPS) is 20.8. The molecular formula is C24H26N2O3. The fraction of sp³-hybridized carbons (Fsp3) is 0.375. The summed E-state index contributed by atoms with van der Waals surface area (Å²) in [5, 5.41) is 10.1. The number of benzene rings is 2. The third-order valence-electron chi connectivity index (χ3n) is 6.07. The average Bonchev–Trinajstić information content (AvgIpc) is 3.25. The van der Waals surface area contributed by atoms with E-state index in [1.807, 2.05) is 30.3 Å². The molecule has 0 spiro atoms. The molecule has 0 aliphatic carbocycles.